The minimum atomic E-state index is -0.255. The van der Waals surface area contributed by atoms with E-state index in [0.29, 0.717) is 5.92 Å². The predicted octanol–water partition coefficient (Wildman–Crippen LogP) is 4.97. The maximum atomic E-state index is 12.9. The van der Waals surface area contributed by atoms with Crippen LogP contribution in [0.1, 0.15) is 48.9 Å². The van der Waals surface area contributed by atoms with Gasteiger partial charge < -0.3 is 10.1 Å². The van der Waals surface area contributed by atoms with Crippen LogP contribution in [0.15, 0.2) is 12.1 Å². The van der Waals surface area contributed by atoms with E-state index < -0.39 is 0 Å². The van der Waals surface area contributed by atoms with Crippen molar-refractivity contribution in [2.75, 3.05) is 13.1 Å². The Bertz CT molecular complexity index is 594. The van der Waals surface area contributed by atoms with E-state index >= 15 is 0 Å². The first kappa shape index (κ1) is 18.6. The van der Waals surface area contributed by atoms with Gasteiger partial charge in [0.05, 0.1) is 5.56 Å². The summed E-state index contributed by atoms with van der Waals surface area (Å²) in [6, 6.07) is 4.05. The molecule has 1 aromatic carbocycles. The highest BCUT2D eigenvalue weighted by Gasteiger charge is 2.44. The van der Waals surface area contributed by atoms with E-state index in [4.69, 9.17) is 4.74 Å². The monoisotopic (exact) mass is 651 g/mol. The highest BCUT2D eigenvalue weighted by atomic mass is 127. The standard InChI is InChI=1S/C17H20I3NO2/c18-12-9-13(15(20)14(19)10-12)16(22)23-17(5-7-21-8-6-17)11-3-1-2-4-11/h9-11,21H,1-8H2. The summed E-state index contributed by atoms with van der Waals surface area (Å²) in [5, 5.41) is 3.41. The fourth-order valence-electron chi connectivity index (χ4n) is 3.84. The molecule has 1 N–H and O–H groups in total. The van der Waals surface area contributed by atoms with Crippen LogP contribution >= 0.6 is 67.8 Å². The Morgan fingerprint density at radius 2 is 1.78 bits per heavy atom. The topological polar surface area (TPSA) is 38.3 Å². The van der Waals surface area contributed by atoms with Gasteiger partial charge in [-0.25, -0.2) is 4.79 Å². The molecular formula is C17H20I3NO2. The molecule has 3 rings (SSSR count). The Labute approximate surface area is 178 Å². The molecule has 1 aliphatic heterocycles. The molecule has 0 unspecified atom stereocenters. The molecule has 0 amide bonds. The number of esters is 1. The third kappa shape index (κ3) is 4.16. The Balaban J connectivity index is 1.86. The van der Waals surface area contributed by atoms with Crippen LogP contribution in [0.4, 0.5) is 0 Å². The molecule has 0 spiro atoms. The van der Waals surface area contributed by atoms with Gasteiger partial charge in [-0.05, 0) is 112 Å². The number of piperidine rings is 1. The maximum Gasteiger partial charge on any atom is 0.339 e. The molecule has 0 atom stereocenters. The molecule has 1 aromatic rings. The molecular weight excluding hydrogens is 631 g/mol. The van der Waals surface area contributed by atoms with Gasteiger partial charge in [-0.1, -0.05) is 12.8 Å². The molecule has 1 heterocycles. The van der Waals surface area contributed by atoms with Crippen LogP contribution in [0.5, 0.6) is 0 Å². The molecule has 0 radical (unpaired) electrons. The van der Waals surface area contributed by atoms with Crippen LogP contribution in [0.3, 0.4) is 0 Å². The van der Waals surface area contributed by atoms with Crippen molar-refractivity contribution in [1.29, 1.82) is 0 Å². The van der Waals surface area contributed by atoms with E-state index in [2.05, 4.69) is 79.2 Å². The molecule has 2 aliphatic rings. The molecule has 1 saturated carbocycles. The summed E-state index contributed by atoms with van der Waals surface area (Å²) in [4.78, 5) is 12.9. The fraction of sp³-hybridized carbons (Fsp3) is 0.588. The molecule has 23 heavy (non-hydrogen) atoms. The Kier molecular flexibility index (Phi) is 6.50. The Morgan fingerprint density at radius 1 is 1.13 bits per heavy atom. The summed E-state index contributed by atoms with van der Waals surface area (Å²) in [5.41, 5.74) is 0.465. The van der Waals surface area contributed by atoms with Crippen molar-refractivity contribution in [2.24, 2.45) is 5.92 Å². The molecule has 2 fully saturated rings. The zero-order valence-electron chi connectivity index (χ0n) is 12.8. The van der Waals surface area contributed by atoms with Gasteiger partial charge >= 0.3 is 5.97 Å². The first-order valence-corrected chi connectivity index (χ1v) is 11.3. The SMILES string of the molecule is O=C(OC1(C2CCCC2)CCNCC1)c1cc(I)cc(I)c1I. The molecule has 126 valence electrons. The maximum absolute atomic E-state index is 12.9. The normalized spacial score (nSPS) is 21.3. The molecule has 1 aliphatic carbocycles. The second-order valence-corrected chi connectivity index (χ2v) is 9.92. The third-order valence-corrected chi connectivity index (χ3v) is 8.73. The van der Waals surface area contributed by atoms with E-state index in [0.717, 1.165) is 42.2 Å². The lowest BCUT2D eigenvalue weighted by atomic mass is 9.78. The first-order chi connectivity index (χ1) is 11.0. The molecule has 1 saturated heterocycles. The Morgan fingerprint density at radius 3 is 2.43 bits per heavy atom. The van der Waals surface area contributed by atoms with E-state index in [1.165, 1.54) is 25.7 Å². The minimum Gasteiger partial charge on any atom is -0.455 e. The van der Waals surface area contributed by atoms with Crippen molar-refractivity contribution in [2.45, 2.75) is 44.1 Å². The zero-order chi connectivity index (χ0) is 16.4. The molecule has 6 heteroatoms. The van der Waals surface area contributed by atoms with Crippen molar-refractivity contribution in [3.05, 3.63) is 28.4 Å². The lowest BCUT2D eigenvalue weighted by Crippen LogP contribution is -2.49. The third-order valence-electron chi connectivity index (χ3n) is 5.06. The average Bonchev–Trinajstić information content (AvgIpc) is 3.06. The van der Waals surface area contributed by atoms with E-state index in [9.17, 15) is 4.79 Å². The number of carbonyl (C=O) groups excluding carboxylic acids is 1. The summed E-state index contributed by atoms with van der Waals surface area (Å²) in [5.74, 6) is 0.396. The van der Waals surface area contributed by atoms with Crippen molar-refractivity contribution in [3.63, 3.8) is 0 Å². The van der Waals surface area contributed by atoms with Crippen LogP contribution in [0.25, 0.3) is 0 Å². The van der Waals surface area contributed by atoms with Gasteiger partial charge in [-0.3, -0.25) is 0 Å². The van der Waals surface area contributed by atoms with E-state index in [1.807, 2.05) is 6.07 Å². The van der Waals surface area contributed by atoms with Gasteiger partial charge in [-0.15, -0.1) is 0 Å². The zero-order valence-corrected chi connectivity index (χ0v) is 19.3. The van der Waals surface area contributed by atoms with Crippen LogP contribution in [-0.4, -0.2) is 24.7 Å². The lowest BCUT2D eigenvalue weighted by Gasteiger charge is -2.42. The van der Waals surface area contributed by atoms with Gasteiger partial charge in [0.2, 0.25) is 0 Å². The van der Waals surface area contributed by atoms with Crippen LogP contribution in [0, 0.1) is 16.6 Å². The molecule has 3 nitrogen and oxygen atoms in total. The Hall–Kier alpha value is 0.840. The van der Waals surface area contributed by atoms with Crippen LogP contribution in [-0.2, 0) is 4.74 Å². The van der Waals surface area contributed by atoms with E-state index in [-0.39, 0.29) is 11.6 Å². The highest BCUT2D eigenvalue weighted by Crippen LogP contribution is 2.42. The number of hydrogen-bond acceptors (Lipinski definition) is 3. The van der Waals surface area contributed by atoms with Crippen LogP contribution < -0.4 is 5.32 Å². The number of hydrogen-bond donors (Lipinski definition) is 1. The number of halogens is 3. The highest BCUT2D eigenvalue weighted by molar-refractivity contribution is 14.1. The van der Waals surface area contributed by atoms with Gasteiger partial charge in [0.1, 0.15) is 5.60 Å². The first-order valence-electron chi connectivity index (χ1n) is 8.10. The number of nitrogens with one attached hydrogen (secondary N) is 1. The van der Waals surface area contributed by atoms with Gasteiger partial charge in [0.15, 0.2) is 0 Å². The van der Waals surface area contributed by atoms with Gasteiger partial charge in [0.25, 0.3) is 0 Å². The summed E-state index contributed by atoms with van der Waals surface area (Å²) in [6.07, 6.45) is 6.84. The largest absolute Gasteiger partial charge is 0.455 e. The van der Waals surface area contributed by atoms with Gasteiger partial charge in [-0.2, -0.15) is 0 Å². The minimum absolute atomic E-state index is 0.139. The molecule has 0 aromatic heterocycles. The summed E-state index contributed by atoms with van der Waals surface area (Å²) in [7, 11) is 0. The number of ether oxygens (including phenoxy) is 1. The fourth-order valence-corrected chi connectivity index (χ4v) is 6.22. The smallest absolute Gasteiger partial charge is 0.339 e. The summed E-state index contributed by atoms with van der Waals surface area (Å²) in [6.45, 7) is 1.90. The number of carbonyl (C=O) groups is 1. The van der Waals surface area contributed by atoms with E-state index in [1.54, 1.807) is 0 Å². The van der Waals surface area contributed by atoms with Crippen molar-refractivity contribution in [1.82, 2.24) is 5.32 Å². The average molecular weight is 651 g/mol. The summed E-state index contributed by atoms with van der Waals surface area (Å²) >= 11 is 6.82. The molecule has 0 bridgehead atoms. The number of rotatable bonds is 3. The van der Waals surface area contributed by atoms with Crippen molar-refractivity contribution < 1.29 is 9.53 Å². The number of benzene rings is 1. The predicted molar refractivity (Wildman–Crippen MR) is 117 cm³/mol. The van der Waals surface area contributed by atoms with Crippen molar-refractivity contribution in [3.8, 4) is 0 Å². The quantitative estimate of drug-likeness (QED) is 0.286. The summed E-state index contributed by atoms with van der Waals surface area (Å²) < 4.78 is 9.45. The van der Waals surface area contributed by atoms with Gasteiger partial charge in [0, 0.05) is 23.6 Å². The lowest BCUT2D eigenvalue weighted by molar-refractivity contribution is -0.0675. The van der Waals surface area contributed by atoms with Crippen molar-refractivity contribution >= 4 is 73.7 Å². The second kappa shape index (κ2) is 8.03. The van der Waals surface area contributed by atoms with Crippen LogP contribution in [0.2, 0.25) is 0 Å². The second-order valence-electron chi connectivity index (χ2n) is 6.43.